The Bertz CT molecular complexity index is 609. The number of hydrogen-bond acceptors (Lipinski definition) is 4. The third-order valence-electron chi connectivity index (χ3n) is 2.58. The lowest BCUT2D eigenvalue weighted by atomic mass is 10.2. The molecule has 20 heavy (non-hydrogen) atoms. The normalized spacial score (nSPS) is 12.7. The molecular weight excluding hydrogens is 282 g/mol. The van der Waals surface area contributed by atoms with Gasteiger partial charge in [-0.1, -0.05) is 6.08 Å². The van der Waals surface area contributed by atoms with Crippen molar-refractivity contribution < 1.29 is 23.1 Å². The van der Waals surface area contributed by atoms with Crippen LogP contribution < -0.4 is 9.46 Å². The standard InChI is InChI=1S/C13H17NO5S/c1-4-5-9(2)14-20(17,18)12-7-6-10(13(15)16)8-11(12)19-3/h4,6-9,14H,1,5H2,2-3H3,(H,15,16). The lowest BCUT2D eigenvalue weighted by Gasteiger charge is -2.15. The van der Waals surface area contributed by atoms with Crippen molar-refractivity contribution in [2.45, 2.75) is 24.3 Å². The van der Waals surface area contributed by atoms with Gasteiger partial charge in [-0.3, -0.25) is 0 Å². The second-order valence-electron chi connectivity index (χ2n) is 4.22. The van der Waals surface area contributed by atoms with E-state index in [2.05, 4.69) is 11.3 Å². The minimum Gasteiger partial charge on any atom is -0.495 e. The fourth-order valence-electron chi connectivity index (χ4n) is 1.65. The van der Waals surface area contributed by atoms with Crippen molar-refractivity contribution >= 4 is 16.0 Å². The molecule has 110 valence electrons. The first-order chi connectivity index (χ1) is 9.31. The highest BCUT2D eigenvalue weighted by Gasteiger charge is 2.22. The topological polar surface area (TPSA) is 92.7 Å². The summed E-state index contributed by atoms with van der Waals surface area (Å²) in [5, 5.41) is 8.88. The zero-order valence-electron chi connectivity index (χ0n) is 11.3. The number of ether oxygens (including phenoxy) is 1. The Kier molecular flexibility index (Phi) is 5.29. The van der Waals surface area contributed by atoms with Gasteiger partial charge in [-0.2, -0.15) is 0 Å². The molecule has 0 aliphatic heterocycles. The van der Waals surface area contributed by atoms with E-state index in [-0.39, 0.29) is 22.3 Å². The summed E-state index contributed by atoms with van der Waals surface area (Å²) < 4.78 is 31.8. The maximum Gasteiger partial charge on any atom is 0.335 e. The number of methoxy groups -OCH3 is 1. The molecule has 1 unspecified atom stereocenters. The molecule has 0 amide bonds. The van der Waals surface area contributed by atoms with Gasteiger partial charge in [0.2, 0.25) is 10.0 Å². The first kappa shape index (κ1) is 16.2. The second kappa shape index (κ2) is 6.53. The zero-order chi connectivity index (χ0) is 15.3. The molecule has 0 fully saturated rings. The van der Waals surface area contributed by atoms with Crippen molar-refractivity contribution in [2.75, 3.05) is 7.11 Å². The molecule has 2 N–H and O–H groups in total. The number of carboxylic acid groups (broad SMARTS) is 1. The summed E-state index contributed by atoms with van der Waals surface area (Å²) in [4.78, 5) is 10.8. The molecule has 0 radical (unpaired) electrons. The van der Waals surface area contributed by atoms with E-state index >= 15 is 0 Å². The first-order valence-corrected chi connectivity index (χ1v) is 7.34. The highest BCUT2D eigenvalue weighted by atomic mass is 32.2. The maximum atomic E-state index is 12.2. The van der Waals surface area contributed by atoms with Crippen LogP contribution >= 0.6 is 0 Å². The fraction of sp³-hybridized carbons (Fsp3) is 0.308. The Morgan fingerprint density at radius 3 is 2.70 bits per heavy atom. The Morgan fingerprint density at radius 2 is 2.20 bits per heavy atom. The molecule has 1 rings (SSSR count). The van der Waals surface area contributed by atoms with Crippen molar-refractivity contribution in [2.24, 2.45) is 0 Å². The van der Waals surface area contributed by atoms with Crippen LogP contribution in [0.3, 0.4) is 0 Å². The molecule has 1 aromatic carbocycles. The van der Waals surface area contributed by atoms with Gasteiger partial charge in [-0.15, -0.1) is 6.58 Å². The van der Waals surface area contributed by atoms with Crippen LogP contribution in [0, 0.1) is 0 Å². The largest absolute Gasteiger partial charge is 0.495 e. The number of sulfonamides is 1. The van der Waals surface area contributed by atoms with Gasteiger partial charge >= 0.3 is 5.97 Å². The number of aromatic carboxylic acids is 1. The minimum atomic E-state index is -3.78. The number of carboxylic acids is 1. The van der Waals surface area contributed by atoms with E-state index in [9.17, 15) is 13.2 Å². The number of benzene rings is 1. The number of rotatable bonds is 7. The molecule has 7 heteroatoms. The molecule has 0 aliphatic carbocycles. The van der Waals surface area contributed by atoms with Gasteiger partial charge in [-0.05, 0) is 31.5 Å². The summed E-state index contributed by atoms with van der Waals surface area (Å²) in [6, 6.07) is 3.29. The van der Waals surface area contributed by atoms with Gasteiger partial charge in [0.1, 0.15) is 10.6 Å². The summed E-state index contributed by atoms with van der Waals surface area (Å²) in [6.07, 6.45) is 2.09. The first-order valence-electron chi connectivity index (χ1n) is 5.86. The predicted molar refractivity (Wildman–Crippen MR) is 74.6 cm³/mol. The highest BCUT2D eigenvalue weighted by molar-refractivity contribution is 7.89. The van der Waals surface area contributed by atoms with E-state index in [1.807, 2.05) is 0 Å². The van der Waals surface area contributed by atoms with Gasteiger partial charge in [0.05, 0.1) is 12.7 Å². The van der Waals surface area contributed by atoms with E-state index < -0.39 is 16.0 Å². The Morgan fingerprint density at radius 1 is 1.55 bits per heavy atom. The van der Waals surface area contributed by atoms with Crippen molar-refractivity contribution in [3.05, 3.63) is 36.4 Å². The van der Waals surface area contributed by atoms with Crippen LogP contribution in [0.1, 0.15) is 23.7 Å². The van der Waals surface area contributed by atoms with Crippen LogP contribution in [0.15, 0.2) is 35.7 Å². The molecular formula is C13H17NO5S. The molecule has 0 aromatic heterocycles. The number of hydrogen-bond donors (Lipinski definition) is 2. The maximum absolute atomic E-state index is 12.2. The average molecular weight is 299 g/mol. The van der Waals surface area contributed by atoms with Gasteiger partial charge in [0, 0.05) is 6.04 Å². The summed E-state index contributed by atoms with van der Waals surface area (Å²) >= 11 is 0. The fourth-order valence-corrected chi connectivity index (χ4v) is 3.06. The van der Waals surface area contributed by atoms with E-state index in [1.54, 1.807) is 13.0 Å². The number of nitrogens with one attached hydrogen (secondary N) is 1. The predicted octanol–water partition coefficient (Wildman–Crippen LogP) is 1.64. The van der Waals surface area contributed by atoms with Crippen LogP contribution in [-0.4, -0.2) is 32.6 Å². The van der Waals surface area contributed by atoms with Crippen molar-refractivity contribution in [1.29, 1.82) is 0 Å². The third kappa shape index (κ3) is 3.82. The zero-order valence-corrected chi connectivity index (χ0v) is 12.1. The van der Waals surface area contributed by atoms with Crippen molar-refractivity contribution in [1.82, 2.24) is 4.72 Å². The van der Waals surface area contributed by atoms with Crippen molar-refractivity contribution in [3.8, 4) is 5.75 Å². The average Bonchev–Trinajstić information content (AvgIpc) is 2.37. The lowest BCUT2D eigenvalue weighted by molar-refractivity contribution is 0.0696. The lowest BCUT2D eigenvalue weighted by Crippen LogP contribution is -2.32. The molecule has 0 aliphatic rings. The molecule has 0 saturated heterocycles. The minimum absolute atomic E-state index is 0.0109. The molecule has 1 aromatic rings. The van der Waals surface area contributed by atoms with Crippen LogP contribution in [0.25, 0.3) is 0 Å². The van der Waals surface area contributed by atoms with E-state index in [4.69, 9.17) is 9.84 Å². The van der Waals surface area contributed by atoms with Gasteiger partial charge in [0.25, 0.3) is 0 Å². The highest BCUT2D eigenvalue weighted by Crippen LogP contribution is 2.25. The third-order valence-corrected chi connectivity index (χ3v) is 4.21. The molecule has 0 saturated carbocycles. The van der Waals surface area contributed by atoms with Crippen LogP contribution in [0.5, 0.6) is 5.75 Å². The summed E-state index contributed by atoms with van der Waals surface area (Å²) in [5.74, 6) is -1.16. The van der Waals surface area contributed by atoms with Crippen LogP contribution in [-0.2, 0) is 10.0 Å². The summed E-state index contributed by atoms with van der Waals surface area (Å²) in [5.41, 5.74) is -0.0417. The smallest absolute Gasteiger partial charge is 0.335 e. The monoisotopic (exact) mass is 299 g/mol. The van der Waals surface area contributed by atoms with Crippen molar-refractivity contribution in [3.63, 3.8) is 0 Å². The van der Waals surface area contributed by atoms with Gasteiger partial charge in [-0.25, -0.2) is 17.9 Å². The number of carbonyl (C=O) groups is 1. The van der Waals surface area contributed by atoms with Crippen LogP contribution in [0.4, 0.5) is 0 Å². The molecule has 0 spiro atoms. The Labute approximate surface area is 118 Å². The molecule has 1 atom stereocenters. The molecule has 0 bridgehead atoms. The SMILES string of the molecule is C=CCC(C)NS(=O)(=O)c1ccc(C(=O)O)cc1OC. The van der Waals surface area contributed by atoms with E-state index in [0.717, 1.165) is 0 Å². The molecule has 0 heterocycles. The molecule has 6 nitrogen and oxygen atoms in total. The van der Waals surface area contributed by atoms with E-state index in [1.165, 1.54) is 25.3 Å². The van der Waals surface area contributed by atoms with Crippen LogP contribution in [0.2, 0.25) is 0 Å². The summed E-state index contributed by atoms with van der Waals surface area (Å²) in [7, 11) is -2.50. The quantitative estimate of drug-likeness (QED) is 0.747. The second-order valence-corrected chi connectivity index (χ2v) is 5.90. The Hall–Kier alpha value is -1.86. The van der Waals surface area contributed by atoms with E-state index in [0.29, 0.717) is 6.42 Å². The van der Waals surface area contributed by atoms with Gasteiger partial charge < -0.3 is 9.84 Å². The Balaban J connectivity index is 3.17. The summed E-state index contributed by atoms with van der Waals surface area (Å²) in [6.45, 7) is 5.25. The van der Waals surface area contributed by atoms with Gasteiger partial charge in [0.15, 0.2) is 0 Å².